The predicted octanol–water partition coefficient (Wildman–Crippen LogP) is 8.74. The summed E-state index contributed by atoms with van der Waals surface area (Å²) in [5.74, 6) is 0. The monoisotopic (exact) mass is 748 g/mol. The van der Waals surface area contributed by atoms with Gasteiger partial charge < -0.3 is 0 Å². The van der Waals surface area contributed by atoms with Crippen LogP contribution in [0.5, 0.6) is 0 Å². The third-order valence-corrected chi connectivity index (χ3v) is 44.4. The van der Waals surface area contributed by atoms with E-state index >= 15 is 0 Å². The zero-order valence-corrected chi connectivity index (χ0v) is 30.2. The summed E-state index contributed by atoms with van der Waals surface area (Å²) in [4.78, 5) is 0. The molecule has 0 nitrogen and oxygen atoms in total. The van der Waals surface area contributed by atoms with Crippen molar-refractivity contribution in [2.24, 2.45) is 0 Å². The molecule has 0 saturated carbocycles. The molecule has 0 aliphatic heterocycles. The second-order valence-corrected chi connectivity index (χ2v) is 53.7. The van der Waals surface area contributed by atoms with Crippen molar-refractivity contribution in [2.75, 3.05) is 0 Å². The first-order chi connectivity index (χ1) is 16.8. The first-order valence-electron chi connectivity index (χ1n) is 12.4. The summed E-state index contributed by atoms with van der Waals surface area (Å²) in [6.07, 6.45) is 0. The van der Waals surface area contributed by atoms with Crippen molar-refractivity contribution in [3.05, 3.63) is 119 Å². The Kier molecular flexibility index (Phi) is 12.5. The Morgan fingerprint density at radius 1 is 0.611 bits per heavy atom. The molecule has 0 unspecified atom stereocenters. The van der Waals surface area contributed by atoms with Crippen LogP contribution in [0.25, 0.3) is 0 Å². The average molecular weight is 747 g/mol. The topological polar surface area (TPSA) is 0 Å². The summed E-state index contributed by atoms with van der Waals surface area (Å²) in [6.45, 7) is 17.7. The van der Waals surface area contributed by atoms with Gasteiger partial charge in [0, 0.05) is 0 Å². The van der Waals surface area contributed by atoms with E-state index in [9.17, 15) is 0 Å². The van der Waals surface area contributed by atoms with Crippen LogP contribution in [0.4, 0.5) is 0 Å². The number of hydrogen-bond donors (Lipinski definition) is 0. The van der Waals surface area contributed by atoms with Gasteiger partial charge in [-0.2, -0.15) is 46.5 Å². The van der Waals surface area contributed by atoms with E-state index in [-0.39, 0.29) is 0 Å². The third kappa shape index (κ3) is 10.5. The quantitative estimate of drug-likeness (QED) is 0.142. The van der Waals surface area contributed by atoms with Gasteiger partial charge in [0.1, 0.15) is 0 Å². The fourth-order valence-corrected chi connectivity index (χ4v) is 40.4. The summed E-state index contributed by atoms with van der Waals surface area (Å²) in [6, 6.07) is 34.3. The van der Waals surface area contributed by atoms with E-state index in [1.54, 1.807) is 0 Å². The Hall–Kier alpha value is -0.867. The summed E-state index contributed by atoms with van der Waals surface area (Å²) < 4.78 is 2.81. The van der Waals surface area contributed by atoms with Gasteiger partial charge in [-0.25, -0.2) is 12.1 Å². The Morgan fingerprint density at radius 2 is 0.944 bits per heavy atom. The fourth-order valence-electron chi connectivity index (χ4n) is 3.65. The van der Waals surface area contributed by atoms with Crippen LogP contribution in [0.3, 0.4) is 0 Å². The number of halogens is 2. The first-order valence-corrected chi connectivity index (χ1v) is 33.8. The number of hydrogen-bond acceptors (Lipinski definition) is 0. The van der Waals surface area contributed by atoms with E-state index in [1.165, 1.54) is 31.0 Å². The molecule has 0 amide bonds. The van der Waals surface area contributed by atoms with Gasteiger partial charge in [-0.1, -0.05) is 66.2 Å². The molecule has 4 aromatic carbocycles. The fraction of sp³-hybridized carbons (Fsp3) is 0.312. The molecule has 0 aliphatic rings. The minimum absolute atomic E-state index is 0.314. The van der Waals surface area contributed by atoms with E-state index in [4.69, 9.17) is 17.2 Å². The van der Waals surface area contributed by atoms with Crippen molar-refractivity contribution >= 4 is 36.0 Å². The number of benzene rings is 2. The molecular formula is C32H40Cl2GeHf-2. The van der Waals surface area contributed by atoms with E-state index in [1.807, 2.05) is 12.1 Å². The van der Waals surface area contributed by atoms with Crippen LogP contribution >= 0.6 is 17.2 Å². The van der Waals surface area contributed by atoms with Crippen LogP contribution in [-0.2, 0) is 26.8 Å². The molecule has 0 heterocycles. The van der Waals surface area contributed by atoms with Gasteiger partial charge in [-0.05, 0) is 0 Å². The van der Waals surface area contributed by atoms with Gasteiger partial charge in [0.2, 0.25) is 0 Å². The van der Waals surface area contributed by atoms with Gasteiger partial charge in [0.25, 0.3) is 0 Å². The van der Waals surface area contributed by atoms with Crippen LogP contribution in [0.1, 0.15) is 63.8 Å². The molecular weight excluding hydrogens is 706 g/mol. The van der Waals surface area contributed by atoms with Gasteiger partial charge >= 0.3 is 113 Å². The molecule has 0 N–H and O–H groups in total. The summed E-state index contributed by atoms with van der Waals surface area (Å²) in [5.41, 5.74) is 6.23. The molecule has 0 aromatic heterocycles. The van der Waals surface area contributed by atoms with Crippen molar-refractivity contribution in [1.82, 2.24) is 0 Å². The van der Waals surface area contributed by atoms with Crippen LogP contribution in [0.2, 0.25) is 0 Å². The van der Waals surface area contributed by atoms with Crippen molar-refractivity contribution < 1.29 is 16.0 Å². The second-order valence-electron chi connectivity index (χ2n) is 11.2. The molecule has 0 saturated heterocycles. The molecule has 0 fully saturated rings. The SMILES string of the molecule is Cc1cc(C(C)(C)C)c[cH-]1.Cc1cc(C(C)(C)C)c[cH-]1.[Cl][Hf]([Cl])=[Ge]([c]1ccccc1)[c]1ccccc1. The van der Waals surface area contributed by atoms with Crippen LogP contribution < -0.4 is 8.79 Å². The van der Waals surface area contributed by atoms with Crippen LogP contribution in [0, 0.1) is 13.8 Å². The molecule has 0 bridgehead atoms. The van der Waals surface area contributed by atoms with E-state index in [2.05, 4.69) is 140 Å². The van der Waals surface area contributed by atoms with Crippen LogP contribution in [-0.4, -0.2) is 10.1 Å². The molecule has 0 radical (unpaired) electrons. The number of rotatable bonds is 2. The Bertz CT molecular complexity index is 1120. The molecule has 192 valence electrons. The Balaban J connectivity index is 0.000000200. The second kappa shape index (κ2) is 14.3. The van der Waals surface area contributed by atoms with Crippen molar-refractivity contribution in [1.29, 1.82) is 0 Å². The van der Waals surface area contributed by atoms with Gasteiger partial charge in [0.05, 0.1) is 0 Å². The normalized spacial score (nSPS) is 11.1. The molecule has 4 heteroatoms. The average Bonchev–Trinajstić information content (AvgIpc) is 3.44. The molecule has 0 atom stereocenters. The minimum atomic E-state index is -2.35. The maximum absolute atomic E-state index is 6.37. The molecule has 4 rings (SSSR count). The summed E-state index contributed by atoms with van der Waals surface area (Å²) >= 11 is -2.35. The van der Waals surface area contributed by atoms with Gasteiger partial charge in [-0.15, -0.1) is 0 Å². The molecule has 0 aliphatic carbocycles. The third-order valence-electron chi connectivity index (χ3n) is 5.86. The van der Waals surface area contributed by atoms with E-state index in [0.29, 0.717) is 10.8 Å². The van der Waals surface area contributed by atoms with Crippen molar-refractivity contribution in [3.8, 4) is 0 Å². The molecule has 36 heavy (non-hydrogen) atoms. The Labute approximate surface area is 235 Å². The van der Waals surface area contributed by atoms with Crippen LogP contribution in [0.15, 0.2) is 97.1 Å². The van der Waals surface area contributed by atoms with Crippen molar-refractivity contribution in [3.63, 3.8) is 0 Å². The predicted molar refractivity (Wildman–Crippen MR) is 161 cm³/mol. The summed E-state index contributed by atoms with van der Waals surface area (Å²) in [5, 5.41) is 0. The van der Waals surface area contributed by atoms with Gasteiger partial charge in [-0.3, -0.25) is 0 Å². The molecule has 0 spiro atoms. The summed E-state index contributed by atoms with van der Waals surface area (Å²) in [7, 11) is 11.1. The number of aryl methyl sites for hydroxylation is 2. The standard InChI is InChI=1S/C12H10Ge.2C10H15.2ClH.Hf/c1-3-7-11(8-4-1)13-12-9-5-2-6-10-12;2*1-8-5-6-9(7-8)10(2,3)4;;;/h1-10H;2*5-7H,1-4H3;2*1H;/q;2*-1;;;+2/p-2. The molecule has 4 aromatic rings. The van der Waals surface area contributed by atoms with Crippen molar-refractivity contribution in [2.45, 2.75) is 66.2 Å². The Morgan fingerprint density at radius 3 is 1.14 bits per heavy atom. The zero-order valence-electron chi connectivity index (χ0n) is 23.0. The van der Waals surface area contributed by atoms with E-state index < -0.39 is 26.0 Å². The van der Waals surface area contributed by atoms with Gasteiger partial charge in [0.15, 0.2) is 0 Å². The van der Waals surface area contributed by atoms with E-state index in [0.717, 1.165) is 0 Å². The first kappa shape index (κ1) is 31.4. The maximum atomic E-state index is 6.37. The zero-order chi connectivity index (χ0) is 26.9.